The monoisotopic (exact) mass is 377 g/mol. The van der Waals surface area contributed by atoms with Crippen molar-refractivity contribution < 1.29 is 9.53 Å². The molecule has 0 aliphatic heterocycles. The minimum Gasteiger partial charge on any atom is -0.385 e. The minimum atomic E-state index is -0.0717. The van der Waals surface area contributed by atoms with Gasteiger partial charge in [-0.05, 0) is 25.0 Å². The number of rotatable bonds is 11. The molecule has 1 aromatic carbocycles. The van der Waals surface area contributed by atoms with Gasteiger partial charge in [0.1, 0.15) is 0 Å². The Balaban J connectivity index is 2.12. The quantitative estimate of drug-likeness (QED) is 0.370. The van der Waals surface area contributed by atoms with Gasteiger partial charge in [-0.25, -0.2) is 4.98 Å². The molecule has 7 heteroatoms. The Hall–Kier alpha value is -1.86. The molecule has 142 valence electrons. The molecule has 0 saturated carbocycles. The van der Waals surface area contributed by atoms with Crippen molar-refractivity contribution in [2.45, 2.75) is 44.3 Å². The summed E-state index contributed by atoms with van der Waals surface area (Å²) in [5.41, 5.74) is 0.587. The number of methoxy groups -OCH3 is 1. The smallest absolute Gasteiger partial charge is 0.262 e. The normalized spacial score (nSPS) is 11.0. The zero-order valence-corrected chi connectivity index (χ0v) is 16.3. The number of para-hydroxylation sites is 1. The van der Waals surface area contributed by atoms with Gasteiger partial charge in [0.05, 0.1) is 16.7 Å². The van der Waals surface area contributed by atoms with Gasteiger partial charge in [-0.3, -0.25) is 14.2 Å². The number of hydrogen-bond donors (Lipinski definition) is 1. The second kappa shape index (κ2) is 11.0. The zero-order chi connectivity index (χ0) is 18.8. The van der Waals surface area contributed by atoms with Crippen LogP contribution in [0.2, 0.25) is 0 Å². The van der Waals surface area contributed by atoms with Crippen LogP contribution in [0.25, 0.3) is 10.9 Å². The Kier molecular flexibility index (Phi) is 8.64. The van der Waals surface area contributed by atoms with Gasteiger partial charge in [0.25, 0.3) is 5.56 Å². The highest BCUT2D eigenvalue weighted by molar-refractivity contribution is 7.99. The number of carbonyl (C=O) groups is 1. The average molecular weight is 378 g/mol. The molecule has 0 saturated heterocycles. The van der Waals surface area contributed by atoms with Gasteiger partial charge in [-0.1, -0.05) is 43.7 Å². The maximum atomic E-state index is 12.8. The van der Waals surface area contributed by atoms with E-state index in [1.165, 1.54) is 11.8 Å². The van der Waals surface area contributed by atoms with Gasteiger partial charge < -0.3 is 10.1 Å². The lowest BCUT2D eigenvalue weighted by atomic mass is 10.2. The van der Waals surface area contributed by atoms with Gasteiger partial charge in [-0.2, -0.15) is 0 Å². The standard InChI is InChI=1S/C19H27N3O3S/c1-3-4-7-11-20-17(23)14-26-19-21-16-10-6-5-9-15(16)18(24)22(19)12-8-13-25-2/h5-6,9-10H,3-4,7-8,11-14H2,1-2H3,(H,20,23). The van der Waals surface area contributed by atoms with E-state index in [0.29, 0.717) is 42.2 Å². The fraction of sp³-hybridized carbons (Fsp3) is 0.526. The summed E-state index contributed by atoms with van der Waals surface area (Å²) in [6.07, 6.45) is 3.94. The molecule has 1 heterocycles. The Labute approximate surface area is 158 Å². The molecule has 2 rings (SSSR count). The van der Waals surface area contributed by atoms with E-state index < -0.39 is 0 Å². The van der Waals surface area contributed by atoms with E-state index in [9.17, 15) is 9.59 Å². The molecule has 0 radical (unpaired) electrons. The molecular weight excluding hydrogens is 350 g/mol. The van der Waals surface area contributed by atoms with Crippen molar-refractivity contribution in [1.82, 2.24) is 14.9 Å². The van der Waals surface area contributed by atoms with Crippen molar-refractivity contribution in [3.63, 3.8) is 0 Å². The Morgan fingerprint density at radius 2 is 2.08 bits per heavy atom. The van der Waals surface area contributed by atoms with Crippen LogP contribution in [0.5, 0.6) is 0 Å². The van der Waals surface area contributed by atoms with Crippen LogP contribution in [0.4, 0.5) is 0 Å². The molecule has 0 aliphatic rings. The highest BCUT2D eigenvalue weighted by atomic mass is 32.2. The van der Waals surface area contributed by atoms with E-state index in [4.69, 9.17) is 4.74 Å². The molecule has 0 bridgehead atoms. The largest absolute Gasteiger partial charge is 0.385 e. The first-order valence-electron chi connectivity index (χ1n) is 9.05. The maximum Gasteiger partial charge on any atom is 0.262 e. The molecule has 0 unspecified atom stereocenters. The first-order chi connectivity index (χ1) is 12.7. The molecule has 0 atom stereocenters. The highest BCUT2D eigenvalue weighted by Gasteiger charge is 2.13. The number of aromatic nitrogens is 2. The number of ether oxygens (including phenoxy) is 1. The average Bonchev–Trinajstić information content (AvgIpc) is 2.65. The second-order valence-electron chi connectivity index (χ2n) is 6.06. The molecule has 26 heavy (non-hydrogen) atoms. The minimum absolute atomic E-state index is 0.0306. The predicted molar refractivity (Wildman–Crippen MR) is 106 cm³/mol. The Morgan fingerprint density at radius 1 is 1.27 bits per heavy atom. The van der Waals surface area contributed by atoms with Gasteiger partial charge in [-0.15, -0.1) is 0 Å². The fourth-order valence-corrected chi connectivity index (χ4v) is 3.46. The number of benzene rings is 1. The number of amides is 1. The van der Waals surface area contributed by atoms with Crippen LogP contribution < -0.4 is 10.9 Å². The predicted octanol–water partition coefficient (Wildman–Crippen LogP) is 2.83. The van der Waals surface area contributed by atoms with Crippen LogP contribution in [-0.2, 0) is 16.1 Å². The van der Waals surface area contributed by atoms with Crippen molar-refractivity contribution in [2.75, 3.05) is 26.0 Å². The van der Waals surface area contributed by atoms with Gasteiger partial charge >= 0.3 is 0 Å². The Morgan fingerprint density at radius 3 is 2.85 bits per heavy atom. The van der Waals surface area contributed by atoms with Crippen molar-refractivity contribution in [1.29, 1.82) is 0 Å². The number of nitrogens with zero attached hydrogens (tertiary/aromatic N) is 2. The number of fused-ring (bicyclic) bond motifs is 1. The lowest BCUT2D eigenvalue weighted by molar-refractivity contribution is -0.118. The molecule has 0 aliphatic carbocycles. The van der Waals surface area contributed by atoms with Gasteiger partial charge in [0, 0.05) is 26.8 Å². The number of carbonyl (C=O) groups excluding carboxylic acids is 1. The van der Waals surface area contributed by atoms with Crippen LogP contribution in [0.3, 0.4) is 0 Å². The summed E-state index contributed by atoms with van der Waals surface area (Å²) >= 11 is 1.30. The summed E-state index contributed by atoms with van der Waals surface area (Å²) < 4.78 is 6.74. The zero-order valence-electron chi connectivity index (χ0n) is 15.5. The first kappa shape index (κ1) is 20.5. The summed E-state index contributed by atoms with van der Waals surface area (Å²) in [6.45, 7) is 3.91. The van der Waals surface area contributed by atoms with E-state index in [1.807, 2.05) is 18.2 Å². The summed E-state index contributed by atoms with van der Waals surface area (Å²) in [6, 6.07) is 7.30. The lowest BCUT2D eigenvalue weighted by Crippen LogP contribution is -2.28. The topological polar surface area (TPSA) is 73.2 Å². The molecule has 0 spiro atoms. The van der Waals surface area contributed by atoms with E-state index in [-0.39, 0.29) is 17.2 Å². The van der Waals surface area contributed by atoms with E-state index >= 15 is 0 Å². The maximum absolute atomic E-state index is 12.8. The van der Waals surface area contributed by atoms with Crippen LogP contribution in [0.1, 0.15) is 32.6 Å². The molecule has 2 aromatic rings. The third-order valence-corrected chi connectivity index (χ3v) is 4.97. The van der Waals surface area contributed by atoms with Crippen LogP contribution in [0, 0.1) is 0 Å². The summed E-state index contributed by atoms with van der Waals surface area (Å²) in [4.78, 5) is 29.4. The van der Waals surface area contributed by atoms with Crippen molar-refractivity contribution in [3.8, 4) is 0 Å². The van der Waals surface area contributed by atoms with E-state index in [2.05, 4.69) is 17.2 Å². The van der Waals surface area contributed by atoms with Gasteiger partial charge in [0.2, 0.25) is 5.91 Å². The molecular formula is C19H27N3O3S. The highest BCUT2D eigenvalue weighted by Crippen LogP contribution is 2.18. The van der Waals surface area contributed by atoms with Crippen LogP contribution in [-0.4, -0.2) is 41.5 Å². The van der Waals surface area contributed by atoms with Gasteiger partial charge in [0.15, 0.2) is 5.16 Å². The van der Waals surface area contributed by atoms with Crippen molar-refractivity contribution in [3.05, 3.63) is 34.6 Å². The SMILES string of the molecule is CCCCCNC(=O)CSc1nc2ccccc2c(=O)n1CCCOC. The lowest BCUT2D eigenvalue weighted by Gasteiger charge is -2.13. The molecule has 1 N–H and O–H groups in total. The van der Waals surface area contributed by atoms with Crippen LogP contribution in [0.15, 0.2) is 34.2 Å². The van der Waals surface area contributed by atoms with E-state index in [1.54, 1.807) is 17.7 Å². The number of hydrogen-bond acceptors (Lipinski definition) is 5. The fourth-order valence-electron chi connectivity index (χ4n) is 2.61. The summed E-state index contributed by atoms with van der Waals surface area (Å²) in [5.74, 6) is 0.221. The Bertz CT molecular complexity index is 776. The third kappa shape index (κ3) is 5.85. The number of thioether (sulfide) groups is 1. The molecule has 6 nitrogen and oxygen atoms in total. The molecule has 1 aromatic heterocycles. The summed E-state index contributed by atoms with van der Waals surface area (Å²) in [5, 5.41) is 4.09. The van der Waals surface area contributed by atoms with Crippen molar-refractivity contribution >= 4 is 28.6 Å². The van der Waals surface area contributed by atoms with Crippen molar-refractivity contribution in [2.24, 2.45) is 0 Å². The number of unbranched alkanes of at least 4 members (excludes halogenated alkanes) is 2. The third-order valence-electron chi connectivity index (χ3n) is 3.99. The summed E-state index contributed by atoms with van der Waals surface area (Å²) in [7, 11) is 1.64. The van der Waals surface area contributed by atoms with E-state index in [0.717, 1.165) is 19.3 Å². The molecule has 0 fully saturated rings. The number of nitrogens with one attached hydrogen (secondary N) is 1. The second-order valence-corrected chi connectivity index (χ2v) is 7.00. The van der Waals surface area contributed by atoms with Crippen LogP contribution >= 0.6 is 11.8 Å². The molecule has 1 amide bonds. The first-order valence-corrected chi connectivity index (χ1v) is 10.0.